The topological polar surface area (TPSA) is 46.5 Å². The number of ether oxygens (including phenoxy) is 1. The normalized spacial score (nSPS) is 11.0. The molecule has 3 nitrogen and oxygen atoms in total. The van der Waals surface area contributed by atoms with Gasteiger partial charge in [-0.2, -0.15) is 0 Å². The summed E-state index contributed by atoms with van der Waals surface area (Å²) in [4.78, 5) is 11.1. The van der Waals surface area contributed by atoms with Crippen LogP contribution < -0.4 is 0 Å². The molecule has 1 N–H and O–H groups in total. The number of hydrogen-bond acceptors (Lipinski definition) is 2. The molecule has 0 spiro atoms. The molecule has 0 heterocycles. The van der Waals surface area contributed by atoms with Gasteiger partial charge >= 0.3 is 6.16 Å². The molecule has 0 saturated heterocycles. The van der Waals surface area contributed by atoms with Crippen LogP contribution in [0.3, 0.4) is 0 Å². The van der Waals surface area contributed by atoms with E-state index in [2.05, 4.69) is 0 Å². The zero-order valence-corrected chi connectivity index (χ0v) is 13.1. The smallest absolute Gasteiger partial charge is 0.450 e. The van der Waals surface area contributed by atoms with Crippen molar-refractivity contribution in [3.63, 3.8) is 0 Å². The van der Waals surface area contributed by atoms with Crippen LogP contribution in [0.4, 0.5) is 4.79 Å². The van der Waals surface area contributed by atoms with E-state index in [1.807, 2.05) is 91.0 Å². The predicted molar refractivity (Wildman–Crippen MR) is 93.2 cm³/mol. The number of rotatable bonds is 5. The Morgan fingerprint density at radius 2 is 1.04 bits per heavy atom. The van der Waals surface area contributed by atoms with Gasteiger partial charge in [0.1, 0.15) is 6.61 Å². The molecule has 0 aliphatic rings. The molecule has 3 rings (SSSR count). The van der Waals surface area contributed by atoms with E-state index in [1.165, 1.54) is 0 Å². The van der Waals surface area contributed by atoms with Gasteiger partial charge in [0, 0.05) is 0 Å². The summed E-state index contributed by atoms with van der Waals surface area (Å²) in [5.41, 5.74) is 2.28. The lowest BCUT2D eigenvalue weighted by Gasteiger charge is -2.35. The Morgan fingerprint density at radius 1 is 0.708 bits per heavy atom. The summed E-state index contributed by atoms with van der Waals surface area (Å²) in [6.07, 6.45) is -1.28. The quantitative estimate of drug-likeness (QED) is 0.547. The first-order chi connectivity index (χ1) is 11.7. The van der Waals surface area contributed by atoms with E-state index in [0.29, 0.717) is 0 Å². The highest BCUT2D eigenvalue weighted by Gasteiger charge is 2.37. The molecule has 0 fully saturated rings. The first kappa shape index (κ1) is 15.8. The number of carboxylic acid groups (broad SMARTS) is 1. The first-order valence-corrected chi connectivity index (χ1v) is 7.76. The van der Waals surface area contributed by atoms with Gasteiger partial charge in [-0.05, 0) is 16.7 Å². The highest BCUT2D eigenvalue weighted by atomic mass is 16.7. The van der Waals surface area contributed by atoms with Crippen molar-refractivity contribution < 1.29 is 14.6 Å². The average Bonchev–Trinajstić information content (AvgIpc) is 2.65. The molecule has 3 heteroatoms. The average molecular weight is 318 g/mol. The molecule has 0 unspecified atom stereocenters. The van der Waals surface area contributed by atoms with Crippen molar-refractivity contribution in [3.05, 3.63) is 108 Å². The van der Waals surface area contributed by atoms with Crippen LogP contribution in [-0.2, 0) is 10.2 Å². The van der Waals surface area contributed by atoms with E-state index in [9.17, 15) is 4.79 Å². The largest absolute Gasteiger partial charge is 0.505 e. The molecule has 0 aliphatic carbocycles. The summed E-state index contributed by atoms with van der Waals surface area (Å²) in [5.74, 6) is 0. The van der Waals surface area contributed by atoms with Gasteiger partial charge in [-0.1, -0.05) is 91.0 Å². The second-order valence-electron chi connectivity index (χ2n) is 5.56. The molecular formula is C21H18O3. The predicted octanol–water partition coefficient (Wildman–Crippen LogP) is 4.72. The van der Waals surface area contributed by atoms with Gasteiger partial charge in [-0.3, -0.25) is 0 Å². The Kier molecular flexibility index (Phi) is 4.62. The van der Waals surface area contributed by atoms with Crippen LogP contribution in [0.1, 0.15) is 16.7 Å². The second-order valence-corrected chi connectivity index (χ2v) is 5.56. The van der Waals surface area contributed by atoms with Gasteiger partial charge in [-0.15, -0.1) is 0 Å². The summed E-state index contributed by atoms with van der Waals surface area (Å²) in [6.45, 7) is 0.0143. The van der Waals surface area contributed by atoms with Crippen molar-refractivity contribution in [3.8, 4) is 0 Å². The van der Waals surface area contributed by atoms with Crippen molar-refractivity contribution in [1.29, 1.82) is 0 Å². The van der Waals surface area contributed by atoms with Gasteiger partial charge in [0.05, 0.1) is 5.41 Å². The summed E-state index contributed by atoms with van der Waals surface area (Å²) in [6, 6.07) is 29.6. The molecule has 0 radical (unpaired) electrons. The fraction of sp³-hybridized carbons (Fsp3) is 0.0952. The molecule has 3 aromatic carbocycles. The van der Waals surface area contributed by atoms with E-state index >= 15 is 0 Å². The minimum Gasteiger partial charge on any atom is -0.450 e. The van der Waals surface area contributed by atoms with Crippen LogP contribution in [0.25, 0.3) is 0 Å². The monoisotopic (exact) mass is 318 g/mol. The zero-order valence-electron chi connectivity index (χ0n) is 13.1. The van der Waals surface area contributed by atoms with Crippen molar-refractivity contribution in [2.75, 3.05) is 6.61 Å². The van der Waals surface area contributed by atoms with Crippen LogP contribution in [-0.4, -0.2) is 17.9 Å². The van der Waals surface area contributed by atoms with Crippen LogP contribution in [0.2, 0.25) is 0 Å². The van der Waals surface area contributed by atoms with Gasteiger partial charge in [0.25, 0.3) is 0 Å². The molecule has 24 heavy (non-hydrogen) atoms. The van der Waals surface area contributed by atoms with E-state index in [-0.39, 0.29) is 6.61 Å². The SMILES string of the molecule is O=C(O)OCC(c1ccccc1)(c1ccccc1)c1ccccc1. The number of hydrogen-bond donors (Lipinski definition) is 1. The molecule has 0 bridgehead atoms. The Bertz CT molecular complexity index is 686. The Hall–Kier alpha value is -3.07. The van der Waals surface area contributed by atoms with Crippen LogP contribution >= 0.6 is 0 Å². The second kappa shape index (κ2) is 7.01. The highest BCUT2D eigenvalue weighted by Crippen LogP contribution is 2.39. The first-order valence-electron chi connectivity index (χ1n) is 7.76. The molecule has 3 aromatic rings. The molecule has 0 aliphatic heterocycles. The van der Waals surface area contributed by atoms with Crippen molar-refractivity contribution in [2.24, 2.45) is 0 Å². The van der Waals surface area contributed by atoms with Gasteiger partial charge in [-0.25, -0.2) is 4.79 Å². The van der Waals surface area contributed by atoms with E-state index < -0.39 is 11.6 Å². The number of carbonyl (C=O) groups is 1. The third-order valence-corrected chi connectivity index (χ3v) is 4.21. The maximum atomic E-state index is 11.1. The molecule has 0 aromatic heterocycles. The third-order valence-electron chi connectivity index (χ3n) is 4.21. The van der Waals surface area contributed by atoms with E-state index in [0.717, 1.165) is 16.7 Å². The maximum Gasteiger partial charge on any atom is 0.505 e. The number of benzene rings is 3. The summed E-state index contributed by atoms with van der Waals surface area (Å²) < 4.78 is 5.09. The minimum absolute atomic E-state index is 0.0143. The van der Waals surface area contributed by atoms with E-state index in [1.54, 1.807) is 0 Å². The lowest BCUT2D eigenvalue weighted by Crippen LogP contribution is -2.35. The zero-order chi connectivity index (χ0) is 16.8. The fourth-order valence-corrected chi connectivity index (χ4v) is 3.09. The maximum absolute atomic E-state index is 11.1. The van der Waals surface area contributed by atoms with Crippen LogP contribution in [0, 0.1) is 0 Å². The Balaban J connectivity index is 2.26. The van der Waals surface area contributed by atoms with Crippen molar-refractivity contribution in [2.45, 2.75) is 5.41 Å². The molecule has 0 saturated carbocycles. The highest BCUT2D eigenvalue weighted by molar-refractivity contribution is 5.58. The van der Waals surface area contributed by atoms with Gasteiger partial charge < -0.3 is 9.84 Å². The lowest BCUT2D eigenvalue weighted by molar-refractivity contribution is 0.0805. The summed E-state index contributed by atoms with van der Waals surface area (Å²) in [7, 11) is 0. The fourth-order valence-electron chi connectivity index (χ4n) is 3.09. The van der Waals surface area contributed by atoms with Crippen LogP contribution in [0.15, 0.2) is 91.0 Å². The molecule has 0 amide bonds. The third kappa shape index (κ3) is 3.01. The van der Waals surface area contributed by atoms with Crippen molar-refractivity contribution in [1.82, 2.24) is 0 Å². The Morgan fingerprint density at radius 3 is 1.33 bits per heavy atom. The van der Waals surface area contributed by atoms with Gasteiger partial charge in [0.2, 0.25) is 0 Å². The summed E-state index contributed by atoms with van der Waals surface area (Å²) in [5, 5.41) is 9.10. The van der Waals surface area contributed by atoms with Crippen molar-refractivity contribution >= 4 is 6.16 Å². The molecule has 120 valence electrons. The standard InChI is InChI=1S/C21H18O3/c22-20(23)24-16-21(17-10-4-1-5-11-17,18-12-6-2-7-13-18)19-14-8-3-9-15-19/h1-15H,16H2,(H,22,23). The lowest BCUT2D eigenvalue weighted by atomic mass is 9.70. The van der Waals surface area contributed by atoms with Crippen LogP contribution in [0.5, 0.6) is 0 Å². The molecule has 0 atom stereocenters. The molecular weight excluding hydrogens is 300 g/mol. The summed E-state index contributed by atoms with van der Waals surface area (Å²) >= 11 is 0. The minimum atomic E-state index is -1.28. The van der Waals surface area contributed by atoms with Gasteiger partial charge in [0.15, 0.2) is 0 Å². The van der Waals surface area contributed by atoms with E-state index in [4.69, 9.17) is 9.84 Å². The Labute approximate surface area is 141 Å².